The summed E-state index contributed by atoms with van der Waals surface area (Å²) in [6.07, 6.45) is 2.85. The van der Waals surface area contributed by atoms with E-state index in [-0.39, 0.29) is 5.12 Å². The van der Waals surface area contributed by atoms with Gasteiger partial charge in [-0.2, -0.15) is 0 Å². The molecule has 1 N–H and O–H groups in total. The van der Waals surface area contributed by atoms with Crippen molar-refractivity contribution in [1.82, 2.24) is 5.32 Å². The Labute approximate surface area is 95.3 Å². The van der Waals surface area contributed by atoms with Crippen LogP contribution in [-0.2, 0) is 9.53 Å². The molecule has 2 fully saturated rings. The summed E-state index contributed by atoms with van der Waals surface area (Å²) < 4.78 is 5.74. The lowest BCUT2D eigenvalue weighted by Crippen LogP contribution is -2.28. The Kier molecular flexibility index (Phi) is 4.05. The van der Waals surface area contributed by atoms with Crippen molar-refractivity contribution in [1.29, 1.82) is 0 Å². The Morgan fingerprint density at radius 3 is 3.07 bits per heavy atom. The fraction of sp³-hybridized carbons (Fsp3) is 0.909. The van der Waals surface area contributed by atoms with Gasteiger partial charge in [-0.25, -0.2) is 0 Å². The minimum Gasteiger partial charge on any atom is -0.378 e. The zero-order chi connectivity index (χ0) is 10.7. The normalized spacial score (nSPS) is 35.9. The smallest absolute Gasteiger partial charge is 0.185 e. The standard InChI is InChI=1S/C11H19NO2S/c1-8(13)15-7-9-5-12-6-10(9)11-3-2-4-14-11/h9-12H,2-7H2,1H3. The molecule has 2 aliphatic rings. The van der Waals surface area contributed by atoms with Gasteiger partial charge >= 0.3 is 0 Å². The molecular formula is C11H19NO2S. The van der Waals surface area contributed by atoms with E-state index in [0.717, 1.165) is 25.4 Å². The van der Waals surface area contributed by atoms with Crippen molar-refractivity contribution in [3.63, 3.8) is 0 Å². The molecule has 0 radical (unpaired) electrons. The van der Waals surface area contributed by atoms with Crippen molar-refractivity contribution < 1.29 is 9.53 Å². The first-order chi connectivity index (χ1) is 7.27. The van der Waals surface area contributed by atoms with Crippen LogP contribution in [0.1, 0.15) is 19.8 Å². The number of thioether (sulfide) groups is 1. The summed E-state index contributed by atoms with van der Waals surface area (Å²) >= 11 is 1.46. The topological polar surface area (TPSA) is 38.3 Å². The lowest BCUT2D eigenvalue weighted by molar-refractivity contribution is -0.109. The number of carbonyl (C=O) groups is 1. The van der Waals surface area contributed by atoms with Gasteiger partial charge in [0.2, 0.25) is 0 Å². The van der Waals surface area contributed by atoms with Crippen LogP contribution in [0, 0.1) is 11.8 Å². The molecule has 15 heavy (non-hydrogen) atoms. The molecule has 2 rings (SSSR count). The van der Waals surface area contributed by atoms with E-state index in [1.165, 1.54) is 24.6 Å². The molecule has 3 atom stereocenters. The van der Waals surface area contributed by atoms with Crippen molar-refractivity contribution in [3.8, 4) is 0 Å². The Bertz CT molecular complexity index is 229. The summed E-state index contributed by atoms with van der Waals surface area (Å²) in [7, 11) is 0. The number of hydrogen-bond donors (Lipinski definition) is 1. The molecule has 4 heteroatoms. The number of hydrogen-bond acceptors (Lipinski definition) is 4. The third-order valence-corrected chi connectivity index (χ3v) is 4.34. The van der Waals surface area contributed by atoms with Gasteiger partial charge in [0.05, 0.1) is 6.10 Å². The van der Waals surface area contributed by atoms with Crippen LogP contribution >= 0.6 is 11.8 Å². The fourth-order valence-electron chi connectivity index (χ4n) is 2.54. The highest BCUT2D eigenvalue weighted by molar-refractivity contribution is 8.13. The van der Waals surface area contributed by atoms with E-state index in [4.69, 9.17) is 4.74 Å². The van der Waals surface area contributed by atoms with E-state index < -0.39 is 0 Å². The fourth-order valence-corrected chi connectivity index (χ4v) is 3.35. The molecule has 0 aromatic heterocycles. The Balaban J connectivity index is 1.84. The van der Waals surface area contributed by atoms with E-state index in [0.29, 0.717) is 17.9 Å². The molecule has 0 aromatic rings. The van der Waals surface area contributed by atoms with Gasteiger partial charge in [-0.05, 0) is 25.3 Å². The third kappa shape index (κ3) is 2.95. The molecule has 0 bridgehead atoms. The number of carbonyl (C=O) groups excluding carboxylic acids is 1. The molecule has 0 amide bonds. The molecule has 3 unspecified atom stereocenters. The molecule has 2 saturated heterocycles. The van der Waals surface area contributed by atoms with Gasteiger partial charge in [-0.15, -0.1) is 0 Å². The largest absolute Gasteiger partial charge is 0.378 e. The zero-order valence-corrected chi connectivity index (χ0v) is 10.0. The van der Waals surface area contributed by atoms with Gasteiger partial charge in [-0.3, -0.25) is 4.79 Å². The van der Waals surface area contributed by atoms with Crippen LogP contribution in [0.15, 0.2) is 0 Å². The summed E-state index contributed by atoms with van der Waals surface area (Å²) in [6.45, 7) is 4.68. The second kappa shape index (κ2) is 5.32. The highest BCUT2D eigenvalue weighted by Gasteiger charge is 2.35. The molecule has 2 aliphatic heterocycles. The lowest BCUT2D eigenvalue weighted by atomic mass is 9.91. The van der Waals surface area contributed by atoms with E-state index in [2.05, 4.69) is 5.32 Å². The van der Waals surface area contributed by atoms with Gasteiger partial charge in [0.25, 0.3) is 0 Å². The van der Waals surface area contributed by atoms with Crippen LogP contribution in [-0.4, -0.2) is 36.7 Å². The van der Waals surface area contributed by atoms with E-state index in [1.807, 2.05) is 0 Å². The van der Waals surface area contributed by atoms with Crippen LogP contribution in [0.3, 0.4) is 0 Å². The Morgan fingerprint density at radius 2 is 2.40 bits per heavy atom. The van der Waals surface area contributed by atoms with Gasteiger partial charge in [0, 0.05) is 31.7 Å². The van der Waals surface area contributed by atoms with Gasteiger partial charge < -0.3 is 10.1 Å². The first-order valence-electron chi connectivity index (χ1n) is 5.73. The minimum atomic E-state index is 0.230. The van der Waals surface area contributed by atoms with Crippen LogP contribution < -0.4 is 5.32 Å². The van der Waals surface area contributed by atoms with Crippen LogP contribution in [0.4, 0.5) is 0 Å². The maximum absolute atomic E-state index is 10.9. The SMILES string of the molecule is CC(=O)SCC1CNCC1C1CCCO1. The highest BCUT2D eigenvalue weighted by atomic mass is 32.2. The molecule has 3 nitrogen and oxygen atoms in total. The second-order valence-electron chi connectivity index (χ2n) is 4.44. The van der Waals surface area contributed by atoms with Gasteiger partial charge in [0.1, 0.15) is 0 Å². The van der Waals surface area contributed by atoms with E-state index >= 15 is 0 Å². The van der Waals surface area contributed by atoms with Gasteiger partial charge in [0.15, 0.2) is 5.12 Å². The second-order valence-corrected chi connectivity index (χ2v) is 5.63. The van der Waals surface area contributed by atoms with Crippen LogP contribution in [0.5, 0.6) is 0 Å². The van der Waals surface area contributed by atoms with Crippen LogP contribution in [0.2, 0.25) is 0 Å². The first-order valence-corrected chi connectivity index (χ1v) is 6.71. The molecule has 0 aliphatic carbocycles. The minimum absolute atomic E-state index is 0.230. The zero-order valence-electron chi connectivity index (χ0n) is 9.20. The average molecular weight is 229 g/mol. The molecular weight excluding hydrogens is 210 g/mol. The summed E-state index contributed by atoms with van der Waals surface area (Å²) in [5.74, 6) is 2.19. The van der Waals surface area contributed by atoms with Crippen LogP contribution in [0.25, 0.3) is 0 Å². The maximum atomic E-state index is 10.9. The molecule has 86 valence electrons. The summed E-state index contributed by atoms with van der Waals surface area (Å²) in [5.41, 5.74) is 0. The first kappa shape index (κ1) is 11.4. The highest BCUT2D eigenvalue weighted by Crippen LogP contribution is 2.30. The summed E-state index contributed by atoms with van der Waals surface area (Å²) in [5, 5.41) is 3.65. The number of ether oxygens (including phenoxy) is 1. The van der Waals surface area contributed by atoms with Gasteiger partial charge in [-0.1, -0.05) is 11.8 Å². The monoisotopic (exact) mass is 229 g/mol. The van der Waals surface area contributed by atoms with E-state index in [9.17, 15) is 4.79 Å². The molecule has 2 heterocycles. The Morgan fingerprint density at radius 1 is 1.53 bits per heavy atom. The quantitative estimate of drug-likeness (QED) is 0.791. The van der Waals surface area contributed by atoms with Crippen molar-refractivity contribution in [3.05, 3.63) is 0 Å². The summed E-state index contributed by atoms with van der Waals surface area (Å²) in [4.78, 5) is 10.9. The van der Waals surface area contributed by atoms with E-state index in [1.54, 1.807) is 6.92 Å². The predicted molar refractivity (Wildman–Crippen MR) is 62.0 cm³/mol. The summed E-state index contributed by atoms with van der Waals surface area (Å²) in [6, 6.07) is 0. The maximum Gasteiger partial charge on any atom is 0.185 e. The molecule has 0 aromatic carbocycles. The van der Waals surface area contributed by atoms with Crippen molar-refractivity contribution in [2.24, 2.45) is 11.8 Å². The number of nitrogens with one attached hydrogen (secondary N) is 1. The average Bonchev–Trinajstić information content (AvgIpc) is 2.85. The third-order valence-electron chi connectivity index (χ3n) is 3.34. The van der Waals surface area contributed by atoms with Crippen molar-refractivity contribution in [2.75, 3.05) is 25.4 Å². The molecule has 0 saturated carbocycles. The van der Waals surface area contributed by atoms with Crippen molar-refractivity contribution in [2.45, 2.75) is 25.9 Å². The lowest BCUT2D eigenvalue weighted by Gasteiger charge is -2.23. The molecule has 0 spiro atoms. The number of rotatable bonds is 3. The van der Waals surface area contributed by atoms with Crippen molar-refractivity contribution >= 4 is 16.9 Å². The predicted octanol–water partition coefficient (Wildman–Crippen LogP) is 1.28. The Hall–Kier alpha value is -0.0600.